The van der Waals surface area contributed by atoms with Gasteiger partial charge < -0.3 is 19.9 Å². The minimum Gasteiger partial charge on any atom is -0.495 e. The quantitative estimate of drug-likeness (QED) is 0.812. The standard InChI is InChI=1S/C19H31N3OS/c1-14(2)21-12-10-16(11-13-21)22(15(3)4)19(24)20-17-8-6-7-9-18(17)23-5/h6-9,14-16H,10-13H2,1-5H3,(H,20,24). The summed E-state index contributed by atoms with van der Waals surface area (Å²) in [5, 5.41) is 4.18. The van der Waals surface area contributed by atoms with E-state index in [1.807, 2.05) is 24.3 Å². The molecule has 5 heteroatoms. The molecule has 0 aromatic heterocycles. The van der Waals surface area contributed by atoms with E-state index in [1.165, 1.54) is 0 Å². The molecule has 0 saturated carbocycles. The number of ether oxygens (including phenoxy) is 1. The van der Waals surface area contributed by atoms with Crippen LogP contribution in [0, 0.1) is 0 Å². The van der Waals surface area contributed by atoms with E-state index in [0.29, 0.717) is 18.1 Å². The Balaban J connectivity index is 2.06. The van der Waals surface area contributed by atoms with Gasteiger partial charge in [-0.25, -0.2) is 0 Å². The van der Waals surface area contributed by atoms with Gasteiger partial charge in [-0.3, -0.25) is 0 Å². The Morgan fingerprint density at radius 3 is 2.38 bits per heavy atom. The molecule has 134 valence electrons. The summed E-state index contributed by atoms with van der Waals surface area (Å²) < 4.78 is 5.43. The van der Waals surface area contributed by atoms with Crippen molar-refractivity contribution in [2.45, 2.75) is 58.7 Å². The number of anilines is 1. The summed E-state index contributed by atoms with van der Waals surface area (Å²) in [6.45, 7) is 11.3. The van der Waals surface area contributed by atoms with Crippen molar-refractivity contribution in [1.82, 2.24) is 9.80 Å². The first-order chi connectivity index (χ1) is 11.4. The third-order valence-electron chi connectivity index (χ3n) is 4.76. The Morgan fingerprint density at radius 2 is 1.83 bits per heavy atom. The van der Waals surface area contributed by atoms with Gasteiger partial charge >= 0.3 is 0 Å². The Labute approximate surface area is 152 Å². The van der Waals surface area contributed by atoms with Crippen LogP contribution in [0.25, 0.3) is 0 Å². The number of likely N-dealkylation sites (tertiary alicyclic amines) is 1. The highest BCUT2D eigenvalue weighted by molar-refractivity contribution is 7.80. The van der Waals surface area contributed by atoms with E-state index in [-0.39, 0.29) is 0 Å². The minimum absolute atomic E-state index is 0.371. The second kappa shape index (κ2) is 8.67. The predicted octanol–water partition coefficient (Wildman–Crippen LogP) is 3.98. The molecule has 1 aromatic carbocycles. The normalized spacial score (nSPS) is 16.5. The second-order valence-corrected chi connectivity index (χ2v) is 7.38. The highest BCUT2D eigenvalue weighted by Crippen LogP contribution is 2.26. The van der Waals surface area contributed by atoms with Crippen molar-refractivity contribution >= 4 is 23.0 Å². The smallest absolute Gasteiger partial charge is 0.174 e. The van der Waals surface area contributed by atoms with Gasteiger partial charge in [-0.2, -0.15) is 0 Å². The molecule has 0 unspecified atom stereocenters. The summed E-state index contributed by atoms with van der Waals surface area (Å²) >= 11 is 5.75. The molecule has 1 N–H and O–H groups in total. The average molecular weight is 350 g/mol. The number of thiocarbonyl (C=S) groups is 1. The van der Waals surface area contributed by atoms with Gasteiger partial charge in [0.15, 0.2) is 5.11 Å². The van der Waals surface area contributed by atoms with Crippen LogP contribution in [0.3, 0.4) is 0 Å². The van der Waals surface area contributed by atoms with Gasteiger partial charge in [0.1, 0.15) is 5.75 Å². The number of rotatable bonds is 5. The van der Waals surface area contributed by atoms with Gasteiger partial charge in [0.25, 0.3) is 0 Å². The largest absolute Gasteiger partial charge is 0.495 e. The molecule has 1 aliphatic rings. The van der Waals surface area contributed by atoms with E-state index < -0.39 is 0 Å². The Bertz CT molecular complexity index is 539. The molecule has 2 rings (SSSR count). The predicted molar refractivity (Wildman–Crippen MR) is 106 cm³/mol. The molecule has 0 atom stereocenters. The molecule has 0 amide bonds. The lowest BCUT2D eigenvalue weighted by Gasteiger charge is -2.43. The van der Waals surface area contributed by atoms with Gasteiger partial charge in [0.05, 0.1) is 12.8 Å². The zero-order chi connectivity index (χ0) is 17.7. The first-order valence-electron chi connectivity index (χ1n) is 8.90. The third-order valence-corrected chi connectivity index (χ3v) is 5.08. The zero-order valence-electron chi connectivity index (χ0n) is 15.6. The molecule has 0 radical (unpaired) electrons. The van der Waals surface area contributed by atoms with Crippen molar-refractivity contribution in [3.8, 4) is 5.75 Å². The summed E-state index contributed by atoms with van der Waals surface area (Å²) in [5.41, 5.74) is 0.926. The van der Waals surface area contributed by atoms with Crippen LogP contribution in [0.4, 0.5) is 5.69 Å². The molecule has 1 fully saturated rings. The molecule has 1 aliphatic heterocycles. The number of benzene rings is 1. The van der Waals surface area contributed by atoms with E-state index >= 15 is 0 Å². The summed E-state index contributed by atoms with van der Waals surface area (Å²) in [7, 11) is 1.69. The van der Waals surface area contributed by atoms with Crippen molar-refractivity contribution in [2.75, 3.05) is 25.5 Å². The molecular formula is C19H31N3OS. The molecule has 0 bridgehead atoms. The number of hydrogen-bond donors (Lipinski definition) is 1. The summed E-state index contributed by atoms with van der Waals surface area (Å²) in [6, 6.07) is 9.40. The van der Waals surface area contributed by atoms with Crippen LogP contribution in [-0.4, -0.2) is 53.2 Å². The average Bonchev–Trinajstić information content (AvgIpc) is 2.55. The van der Waals surface area contributed by atoms with Crippen molar-refractivity contribution in [2.24, 2.45) is 0 Å². The monoisotopic (exact) mass is 349 g/mol. The van der Waals surface area contributed by atoms with E-state index in [2.05, 4.69) is 42.8 Å². The fourth-order valence-electron chi connectivity index (χ4n) is 3.43. The Morgan fingerprint density at radius 1 is 1.21 bits per heavy atom. The summed E-state index contributed by atoms with van der Waals surface area (Å²) in [5.74, 6) is 0.818. The number of hydrogen-bond acceptors (Lipinski definition) is 3. The van der Waals surface area contributed by atoms with Crippen LogP contribution in [-0.2, 0) is 0 Å². The maximum absolute atomic E-state index is 5.75. The van der Waals surface area contributed by atoms with Crippen LogP contribution in [0.2, 0.25) is 0 Å². The van der Waals surface area contributed by atoms with Gasteiger partial charge in [0.2, 0.25) is 0 Å². The van der Waals surface area contributed by atoms with Crippen LogP contribution in [0.15, 0.2) is 24.3 Å². The first kappa shape index (κ1) is 19.0. The van der Waals surface area contributed by atoms with Gasteiger partial charge in [0, 0.05) is 31.2 Å². The van der Waals surface area contributed by atoms with Crippen LogP contribution >= 0.6 is 12.2 Å². The topological polar surface area (TPSA) is 27.7 Å². The lowest BCUT2D eigenvalue weighted by molar-refractivity contribution is 0.117. The number of piperidine rings is 1. The molecule has 0 spiro atoms. The van der Waals surface area contributed by atoms with Gasteiger partial charge in [-0.1, -0.05) is 12.1 Å². The summed E-state index contributed by atoms with van der Waals surface area (Å²) in [4.78, 5) is 4.91. The molecule has 24 heavy (non-hydrogen) atoms. The molecule has 0 aliphatic carbocycles. The maximum Gasteiger partial charge on any atom is 0.174 e. The number of nitrogens with one attached hydrogen (secondary N) is 1. The van der Waals surface area contributed by atoms with E-state index in [4.69, 9.17) is 17.0 Å². The molecule has 4 nitrogen and oxygen atoms in total. The first-order valence-corrected chi connectivity index (χ1v) is 9.31. The highest BCUT2D eigenvalue weighted by Gasteiger charge is 2.29. The maximum atomic E-state index is 5.75. The molecular weight excluding hydrogens is 318 g/mol. The second-order valence-electron chi connectivity index (χ2n) is 6.99. The van der Waals surface area contributed by atoms with E-state index in [0.717, 1.165) is 42.5 Å². The van der Waals surface area contributed by atoms with Crippen molar-refractivity contribution in [3.05, 3.63) is 24.3 Å². The van der Waals surface area contributed by atoms with E-state index in [9.17, 15) is 0 Å². The number of nitrogens with zero attached hydrogens (tertiary/aromatic N) is 2. The van der Waals surface area contributed by atoms with Crippen LogP contribution < -0.4 is 10.1 Å². The Hall–Kier alpha value is -1.33. The lowest BCUT2D eigenvalue weighted by Crippen LogP contribution is -2.52. The van der Waals surface area contributed by atoms with Crippen LogP contribution in [0.1, 0.15) is 40.5 Å². The van der Waals surface area contributed by atoms with Crippen molar-refractivity contribution < 1.29 is 4.74 Å². The SMILES string of the molecule is COc1ccccc1NC(=S)N(C(C)C)C1CCN(C(C)C)CC1. The molecule has 1 aromatic rings. The van der Waals surface area contributed by atoms with Gasteiger partial charge in [-0.15, -0.1) is 0 Å². The zero-order valence-corrected chi connectivity index (χ0v) is 16.4. The fraction of sp³-hybridized carbons (Fsp3) is 0.632. The third kappa shape index (κ3) is 4.61. The molecule has 1 heterocycles. The number of methoxy groups -OCH3 is 1. The van der Waals surface area contributed by atoms with Gasteiger partial charge in [-0.05, 0) is 64.9 Å². The highest BCUT2D eigenvalue weighted by atomic mass is 32.1. The van der Waals surface area contributed by atoms with Crippen LogP contribution in [0.5, 0.6) is 5.75 Å². The fourth-order valence-corrected chi connectivity index (χ4v) is 3.90. The summed E-state index contributed by atoms with van der Waals surface area (Å²) in [6.07, 6.45) is 2.31. The van der Waals surface area contributed by atoms with Crippen molar-refractivity contribution in [1.29, 1.82) is 0 Å². The number of para-hydroxylation sites is 2. The van der Waals surface area contributed by atoms with Crippen molar-refractivity contribution in [3.63, 3.8) is 0 Å². The molecule has 1 saturated heterocycles. The lowest BCUT2D eigenvalue weighted by atomic mass is 10.0. The Kier molecular flexibility index (Phi) is 6.87. The van der Waals surface area contributed by atoms with E-state index in [1.54, 1.807) is 7.11 Å². The minimum atomic E-state index is 0.371.